The summed E-state index contributed by atoms with van der Waals surface area (Å²) in [6.07, 6.45) is -0.935. The number of piperazine rings is 1. The molecule has 2 aromatic rings. The van der Waals surface area contributed by atoms with Crippen molar-refractivity contribution in [2.24, 2.45) is 5.92 Å². The third-order valence-electron chi connectivity index (χ3n) is 8.42. The van der Waals surface area contributed by atoms with Crippen molar-refractivity contribution in [1.82, 2.24) is 10.2 Å². The van der Waals surface area contributed by atoms with E-state index < -0.39 is 31.6 Å². The van der Waals surface area contributed by atoms with Crippen LogP contribution in [0.15, 0.2) is 48.5 Å². The van der Waals surface area contributed by atoms with Crippen molar-refractivity contribution in [3.05, 3.63) is 59.7 Å². The van der Waals surface area contributed by atoms with E-state index >= 15 is 4.11 Å². The molecular formula is C29H37FN4O5Si. The number of carbonyl (C=O) groups is 3. The predicted molar refractivity (Wildman–Crippen MR) is 152 cm³/mol. The van der Waals surface area contributed by atoms with Gasteiger partial charge in [-0.2, -0.15) is 0 Å². The molecule has 1 spiro atoms. The second kappa shape index (κ2) is 11.0. The average Bonchev–Trinajstić information content (AvgIpc) is 3.37. The Balaban J connectivity index is 1.47. The fourth-order valence-corrected chi connectivity index (χ4v) is 9.11. The van der Waals surface area contributed by atoms with Crippen LogP contribution in [0.25, 0.3) is 0 Å². The van der Waals surface area contributed by atoms with Crippen LogP contribution in [0.5, 0.6) is 0 Å². The molecule has 2 aromatic carbocycles. The molecule has 11 heteroatoms. The standard InChI is InChI=1S/C29H37FN4O5Si/c1-19-27(40(2,3)30)24(16-25(36)33(13-14-35)18-20-7-5-4-6-8-20)39-29(19)22-15-21(9-10-23(22)32-28(29)38)34-12-11-31-17-26(34)37/h4-10,15,19,24,27,31,35H,11-14,16-18H2,1-3H3,(H,32,38)/t19-,24+,27-,29+/m0/s1. The number of hydrogen-bond donors (Lipinski definition) is 3. The zero-order valence-corrected chi connectivity index (χ0v) is 24.2. The molecule has 214 valence electrons. The van der Waals surface area contributed by atoms with Crippen LogP contribution in [0.1, 0.15) is 24.5 Å². The topological polar surface area (TPSA) is 111 Å². The molecule has 0 radical (unpaired) electrons. The largest absolute Gasteiger partial charge is 0.395 e. The van der Waals surface area contributed by atoms with E-state index in [0.717, 1.165) is 5.56 Å². The molecule has 4 atom stereocenters. The number of carbonyl (C=O) groups excluding carboxylic acids is 3. The lowest BCUT2D eigenvalue weighted by Gasteiger charge is -2.32. The summed E-state index contributed by atoms with van der Waals surface area (Å²) in [5, 5.41) is 15.6. The predicted octanol–water partition coefficient (Wildman–Crippen LogP) is 2.76. The first-order chi connectivity index (χ1) is 19.1. The average molecular weight is 569 g/mol. The Morgan fingerprint density at radius 3 is 2.65 bits per heavy atom. The Bertz CT molecular complexity index is 1290. The third kappa shape index (κ3) is 5.07. The van der Waals surface area contributed by atoms with Crippen LogP contribution in [0.2, 0.25) is 18.6 Å². The number of ether oxygens (including phenoxy) is 1. The van der Waals surface area contributed by atoms with Gasteiger partial charge < -0.3 is 34.4 Å². The Labute approximate surface area is 234 Å². The SMILES string of the molecule is C[C@H]1[C@H]([Si](C)(C)F)[C@@H](CC(=O)N(CCO)Cc2ccccc2)O[C@]12C(=O)Nc1ccc(N3CCNCC3=O)cc12. The molecule has 3 N–H and O–H groups in total. The molecule has 0 saturated carbocycles. The molecule has 0 unspecified atom stereocenters. The zero-order chi connectivity index (χ0) is 28.7. The van der Waals surface area contributed by atoms with E-state index in [9.17, 15) is 19.5 Å². The monoisotopic (exact) mass is 568 g/mol. The van der Waals surface area contributed by atoms with Crippen molar-refractivity contribution in [2.45, 2.75) is 50.2 Å². The number of anilines is 2. The Morgan fingerprint density at radius 1 is 1.23 bits per heavy atom. The van der Waals surface area contributed by atoms with E-state index in [0.29, 0.717) is 36.6 Å². The summed E-state index contributed by atoms with van der Waals surface area (Å²) in [5.74, 6) is -1.27. The van der Waals surface area contributed by atoms with E-state index in [2.05, 4.69) is 10.6 Å². The summed E-state index contributed by atoms with van der Waals surface area (Å²) in [7, 11) is -3.44. The minimum absolute atomic E-state index is 0.0704. The number of aliphatic hydroxyl groups excluding tert-OH is 1. The van der Waals surface area contributed by atoms with Crippen molar-refractivity contribution in [1.29, 1.82) is 0 Å². The van der Waals surface area contributed by atoms with Crippen molar-refractivity contribution < 1.29 is 28.3 Å². The van der Waals surface area contributed by atoms with Gasteiger partial charge in [0, 0.05) is 54.6 Å². The smallest absolute Gasteiger partial charge is 0.261 e. The van der Waals surface area contributed by atoms with Gasteiger partial charge in [0.25, 0.3) is 5.91 Å². The lowest BCUT2D eigenvalue weighted by atomic mass is 9.82. The van der Waals surface area contributed by atoms with E-state index in [1.165, 1.54) is 0 Å². The fraction of sp³-hybridized carbons (Fsp3) is 0.483. The maximum Gasteiger partial charge on any atom is 0.261 e. The first-order valence-corrected chi connectivity index (χ1v) is 16.8. The number of amides is 3. The molecule has 3 aliphatic heterocycles. The molecule has 0 bridgehead atoms. The zero-order valence-electron chi connectivity index (χ0n) is 23.2. The van der Waals surface area contributed by atoms with Crippen LogP contribution in [0.4, 0.5) is 15.5 Å². The number of nitrogens with one attached hydrogen (secondary N) is 2. The molecule has 3 aliphatic rings. The molecule has 0 aromatic heterocycles. The molecule has 5 rings (SSSR count). The van der Waals surface area contributed by atoms with Crippen LogP contribution in [-0.2, 0) is 31.3 Å². The van der Waals surface area contributed by atoms with Gasteiger partial charge in [0.1, 0.15) is 0 Å². The van der Waals surface area contributed by atoms with Gasteiger partial charge >= 0.3 is 0 Å². The number of nitrogens with zero attached hydrogens (tertiary/aromatic N) is 2. The van der Waals surface area contributed by atoms with Crippen LogP contribution >= 0.6 is 0 Å². The highest BCUT2D eigenvalue weighted by Crippen LogP contribution is 2.59. The molecule has 2 saturated heterocycles. The van der Waals surface area contributed by atoms with Gasteiger partial charge in [-0.05, 0) is 36.9 Å². The molecule has 9 nitrogen and oxygen atoms in total. The lowest BCUT2D eigenvalue weighted by Crippen LogP contribution is -2.48. The van der Waals surface area contributed by atoms with Crippen molar-refractivity contribution in [3.8, 4) is 0 Å². The van der Waals surface area contributed by atoms with Gasteiger partial charge in [-0.3, -0.25) is 14.4 Å². The van der Waals surface area contributed by atoms with E-state index in [1.807, 2.05) is 37.3 Å². The lowest BCUT2D eigenvalue weighted by molar-refractivity contribution is -0.148. The summed E-state index contributed by atoms with van der Waals surface area (Å²) in [4.78, 5) is 43.0. The first kappa shape index (κ1) is 28.4. The summed E-state index contributed by atoms with van der Waals surface area (Å²) in [6, 6.07) is 14.8. The van der Waals surface area contributed by atoms with Gasteiger partial charge in [-0.25, -0.2) is 0 Å². The van der Waals surface area contributed by atoms with Gasteiger partial charge in [0.15, 0.2) is 5.60 Å². The normalized spacial score (nSPS) is 26.2. The summed E-state index contributed by atoms with van der Waals surface area (Å²) < 4.78 is 22.6. The Morgan fingerprint density at radius 2 is 1.98 bits per heavy atom. The second-order valence-electron chi connectivity index (χ2n) is 11.4. The molecule has 3 amide bonds. The Kier molecular flexibility index (Phi) is 7.84. The third-order valence-corrected chi connectivity index (χ3v) is 10.9. The van der Waals surface area contributed by atoms with Crippen molar-refractivity contribution in [2.75, 3.05) is 43.0 Å². The summed E-state index contributed by atoms with van der Waals surface area (Å²) in [5.41, 5.74) is 0.599. The minimum atomic E-state index is -3.44. The Hall–Kier alpha value is -3.12. The van der Waals surface area contributed by atoms with Crippen LogP contribution in [-0.4, -0.2) is 75.0 Å². The number of halogens is 1. The number of rotatable bonds is 8. The van der Waals surface area contributed by atoms with E-state index in [1.54, 1.807) is 41.1 Å². The first-order valence-electron chi connectivity index (χ1n) is 13.8. The maximum atomic E-state index is 16.0. The number of benzene rings is 2. The second-order valence-corrected chi connectivity index (χ2v) is 15.2. The molecule has 40 heavy (non-hydrogen) atoms. The molecule has 0 aliphatic carbocycles. The van der Waals surface area contributed by atoms with Crippen LogP contribution < -0.4 is 15.5 Å². The van der Waals surface area contributed by atoms with Gasteiger partial charge in [0.2, 0.25) is 20.2 Å². The fourth-order valence-electron chi connectivity index (χ4n) is 6.62. The van der Waals surface area contributed by atoms with Crippen LogP contribution in [0, 0.1) is 5.92 Å². The van der Waals surface area contributed by atoms with E-state index in [4.69, 9.17) is 4.74 Å². The maximum absolute atomic E-state index is 16.0. The van der Waals surface area contributed by atoms with Crippen LogP contribution in [0.3, 0.4) is 0 Å². The highest BCUT2D eigenvalue weighted by molar-refractivity contribution is 6.72. The van der Waals surface area contributed by atoms with Crippen molar-refractivity contribution in [3.63, 3.8) is 0 Å². The summed E-state index contributed by atoms with van der Waals surface area (Å²) >= 11 is 0. The highest BCUT2D eigenvalue weighted by atomic mass is 28.4. The van der Waals surface area contributed by atoms with Crippen molar-refractivity contribution >= 4 is 37.5 Å². The summed E-state index contributed by atoms with van der Waals surface area (Å²) in [6.45, 7) is 6.62. The number of hydrogen-bond acceptors (Lipinski definition) is 6. The quantitative estimate of drug-likeness (QED) is 0.334. The van der Waals surface area contributed by atoms with Gasteiger partial charge in [0.05, 0.1) is 25.7 Å². The highest BCUT2D eigenvalue weighted by Gasteiger charge is 2.65. The molecule has 2 fully saturated rings. The van der Waals surface area contributed by atoms with Gasteiger partial charge in [-0.1, -0.05) is 37.3 Å². The van der Waals surface area contributed by atoms with E-state index in [-0.39, 0.29) is 43.8 Å². The number of fused-ring (bicyclic) bond motifs is 2. The number of aliphatic hydroxyl groups is 1. The molecular weight excluding hydrogens is 531 g/mol. The minimum Gasteiger partial charge on any atom is -0.395 e. The van der Waals surface area contributed by atoms with Gasteiger partial charge in [-0.15, -0.1) is 0 Å². The molecule has 3 heterocycles.